The van der Waals surface area contributed by atoms with Crippen molar-refractivity contribution in [2.45, 2.75) is 25.3 Å². The van der Waals surface area contributed by atoms with Crippen LogP contribution in [0.3, 0.4) is 0 Å². The van der Waals surface area contributed by atoms with Gasteiger partial charge >= 0.3 is 0 Å². The molecule has 0 bridgehead atoms. The summed E-state index contributed by atoms with van der Waals surface area (Å²) in [5.41, 5.74) is 0.995. The average molecular weight is 314 g/mol. The van der Waals surface area contributed by atoms with Crippen LogP contribution >= 0.6 is 15.9 Å². The smallest absolute Gasteiger partial charge is 0.270 e. The molecule has 0 unspecified atom stereocenters. The Hall–Kier alpha value is -1.14. The van der Waals surface area contributed by atoms with Crippen molar-refractivity contribution in [2.75, 3.05) is 18.4 Å². The molecule has 1 saturated carbocycles. The van der Waals surface area contributed by atoms with E-state index in [0.29, 0.717) is 0 Å². The predicted octanol–water partition coefficient (Wildman–Crippen LogP) is 2.91. The second kappa shape index (κ2) is 6.15. The SMILES string of the molecule is O=[N+]([O-])c1ccc(NCCCNC2CC2)c(Br)c1. The number of hydrogen-bond acceptors (Lipinski definition) is 4. The van der Waals surface area contributed by atoms with Crippen LogP contribution in [0.15, 0.2) is 22.7 Å². The summed E-state index contributed by atoms with van der Waals surface area (Å²) in [5.74, 6) is 0. The third-order valence-corrected chi connectivity index (χ3v) is 3.50. The monoisotopic (exact) mass is 313 g/mol. The lowest BCUT2D eigenvalue weighted by atomic mass is 10.3. The summed E-state index contributed by atoms with van der Waals surface area (Å²) in [5, 5.41) is 17.3. The first kappa shape index (κ1) is 13.3. The largest absolute Gasteiger partial charge is 0.384 e. The van der Waals surface area contributed by atoms with E-state index in [9.17, 15) is 10.1 Å². The molecule has 0 spiro atoms. The molecule has 1 aliphatic rings. The Bertz CT molecular complexity index is 435. The van der Waals surface area contributed by atoms with E-state index in [1.807, 2.05) is 0 Å². The van der Waals surface area contributed by atoms with Crippen LogP contribution in [0.5, 0.6) is 0 Å². The highest BCUT2D eigenvalue weighted by Gasteiger charge is 2.19. The van der Waals surface area contributed by atoms with Crippen LogP contribution in [0.25, 0.3) is 0 Å². The zero-order valence-electron chi connectivity index (χ0n) is 9.99. The first-order valence-electron chi connectivity index (χ1n) is 6.08. The lowest BCUT2D eigenvalue weighted by molar-refractivity contribution is -0.384. The topological polar surface area (TPSA) is 67.2 Å². The fourth-order valence-corrected chi connectivity index (χ4v) is 2.17. The second-order valence-electron chi connectivity index (χ2n) is 4.43. The Morgan fingerprint density at radius 3 is 2.78 bits per heavy atom. The zero-order chi connectivity index (χ0) is 13.0. The van der Waals surface area contributed by atoms with Gasteiger partial charge in [-0.25, -0.2) is 0 Å². The summed E-state index contributed by atoms with van der Waals surface area (Å²) in [6.07, 6.45) is 3.66. The quantitative estimate of drug-likeness (QED) is 0.461. The number of hydrogen-bond donors (Lipinski definition) is 2. The molecule has 6 heteroatoms. The Labute approximate surface area is 114 Å². The van der Waals surface area contributed by atoms with Crippen molar-refractivity contribution in [3.05, 3.63) is 32.8 Å². The highest BCUT2D eigenvalue weighted by Crippen LogP contribution is 2.27. The molecular weight excluding hydrogens is 298 g/mol. The standard InChI is InChI=1S/C12H16BrN3O2/c13-11-8-10(16(17)18)4-5-12(11)15-7-1-6-14-9-2-3-9/h4-5,8-9,14-15H,1-3,6-7H2. The molecule has 98 valence electrons. The van der Waals surface area contributed by atoms with Crippen LogP contribution in [-0.4, -0.2) is 24.1 Å². The van der Waals surface area contributed by atoms with Gasteiger partial charge in [-0.15, -0.1) is 0 Å². The van der Waals surface area contributed by atoms with E-state index in [4.69, 9.17) is 0 Å². The number of nitro groups is 1. The molecule has 0 saturated heterocycles. The van der Waals surface area contributed by atoms with Gasteiger partial charge in [0.2, 0.25) is 0 Å². The summed E-state index contributed by atoms with van der Waals surface area (Å²) in [4.78, 5) is 10.2. The van der Waals surface area contributed by atoms with Gasteiger partial charge in [0.1, 0.15) is 0 Å². The minimum Gasteiger partial charge on any atom is -0.384 e. The third-order valence-electron chi connectivity index (χ3n) is 2.84. The van der Waals surface area contributed by atoms with Crippen molar-refractivity contribution in [3.63, 3.8) is 0 Å². The van der Waals surface area contributed by atoms with Crippen LogP contribution < -0.4 is 10.6 Å². The van der Waals surface area contributed by atoms with Gasteiger partial charge in [-0.2, -0.15) is 0 Å². The first-order chi connectivity index (χ1) is 8.66. The van der Waals surface area contributed by atoms with Crippen LogP contribution in [0.2, 0.25) is 0 Å². The fourth-order valence-electron chi connectivity index (χ4n) is 1.67. The Morgan fingerprint density at radius 1 is 1.39 bits per heavy atom. The molecule has 18 heavy (non-hydrogen) atoms. The van der Waals surface area contributed by atoms with Gasteiger partial charge in [0.15, 0.2) is 0 Å². The molecule has 1 aromatic rings. The van der Waals surface area contributed by atoms with Crippen LogP contribution in [0.4, 0.5) is 11.4 Å². The van der Waals surface area contributed by atoms with Crippen molar-refractivity contribution < 1.29 is 4.92 Å². The summed E-state index contributed by atoms with van der Waals surface area (Å²) in [6, 6.07) is 5.51. The summed E-state index contributed by atoms with van der Waals surface area (Å²) < 4.78 is 0.729. The van der Waals surface area contributed by atoms with E-state index in [-0.39, 0.29) is 5.69 Å². The highest BCUT2D eigenvalue weighted by atomic mass is 79.9. The van der Waals surface area contributed by atoms with Crippen molar-refractivity contribution in [1.29, 1.82) is 0 Å². The van der Waals surface area contributed by atoms with Crippen LogP contribution in [0.1, 0.15) is 19.3 Å². The maximum absolute atomic E-state index is 10.6. The number of benzene rings is 1. The zero-order valence-corrected chi connectivity index (χ0v) is 11.6. The Kier molecular flexibility index (Phi) is 4.54. The molecule has 0 aliphatic heterocycles. The van der Waals surface area contributed by atoms with Gasteiger partial charge in [0.25, 0.3) is 5.69 Å². The average Bonchev–Trinajstić information content (AvgIpc) is 3.14. The summed E-state index contributed by atoms with van der Waals surface area (Å²) in [6.45, 7) is 1.87. The Balaban J connectivity index is 1.75. The number of anilines is 1. The molecule has 0 heterocycles. The first-order valence-corrected chi connectivity index (χ1v) is 6.87. The Morgan fingerprint density at radius 2 is 2.17 bits per heavy atom. The van der Waals surface area contributed by atoms with Crippen LogP contribution in [-0.2, 0) is 0 Å². The third kappa shape index (κ3) is 3.96. The molecule has 0 radical (unpaired) electrons. The van der Waals surface area contributed by atoms with E-state index in [1.165, 1.54) is 25.0 Å². The second-order valence-corrected chi connectivity index (χ2v) is 5.28. The number of halogens is 1. The van der Waals surface area contributed by atoms with E-state index >= 15 is 0 Å². The number of nitrogens with zero attached hydrogens (tertiary/aromatic N) is 1. The number of nitrogens with one attached hydrogen (secondary N) is 2. The minimum atomic E-state index is -0.395. The predicted molar refractivity (Wildman–Crippen MR) is 74.9 cm³/mol. The van der Waals surface area contributed by atoms with Crippen molar-refractivity contribution in [3.8, 4) is 0 Å². The van der Waals surface area contributed by atoms with Gasteiger partial charge in [-0.3, -0.25) is 10.1 Å². The fraction of sp³-hybridized carbons (Fsp3) is 0.500. The van der Waals surface area contributed by atoms with Crippen LogP contribution in [0, 0.1) is 10.1 Å². The van der Waals surface area contributed by atoms with E-state index in [0.717, 1.165) is 35.7 Å². The van der Waals surface area contributed by atoms with E-state index in [2.05, 4.69) is 26.6 Å². The molecule has 0 atom stereocenters. The molecule has 2 N–H and O–H groups in total. The molecule has 0 aromatic heterocycles. The van der Waals surface area contributed by atoms with Gasteiger partial charge in [-0.05, 0) is 47.8 Å². The molecule has 5 nitrogen and oxygen atoms in total. The summed E-state index contributed by atoms with van der Waals surface area (Å²) >= 11 is 3.34. The van der Waals surface area contributed by atoms with Crippen molar-refractivity contribution >= 4 is 27.3 Å². The van der Waals surface area contributed by atoms with Gasteiger partial charge in [0, 0.05) is 34.9 Å². The number of non-ortho nitro benzene ring substituents is 1. The maximum atomic E-state index is 10.6. The normalized spacial score (nSPS) is 14.5. The lowest BCUT2D eigenvalue weighted by Gasteiger charge is -2.08. The van der Waals surface area contributed by atoms with Gasteiger partial charge < -0.3 is 10.6 Å². The van der Waals surface area contributed by atoms with Crippen molar-refractivity contribution in [2.24, 2.45) is 0 Å². The highest BCUT2D eigenvalue weighted by molar-refractivity contribution is 9.10. The molecule has 0 amide bonds. The molecule has 2 rings (SSSR count). The lowest BCUT2D eigenvalue weighted by Crippen LogP contribution is -2.19. The van der Waals surface area contributed by atoms with Gasteiger partial charge in [-0.1, -0.05) is 0 Å². The van der Waals surface area contributed by atoms with E-state index in [1.54, 1.807) is 6.07 Å². The molecular formula is C12H16BrN3O2. The van der Waals surface area contributed by atoms with E-state index < -0.39 is 4.92 Å². The summed E-state index contributed by atoms with van der Waals surface area (Å²) in [7, 11) is 0. The van der Waals surface area contributed by atoms with Crippen molar-refractivity contribution in [1.82, 2.24) is 5.32 Å². The molecule has 1 aliphatic carbocycles. The minimum absolute atomic E-state index is 0.0998. The van der Waals surface area contributed by atoms with Gasteiger partial charge in [0.05, 0.1) is 4.92 Å². The molecule has 1 fully saturated rings. The maximum Gasteiger partial charge on any atom is 0.270 e. The number of nitro benzene ring substituents is 1. The number of rotatable bonds is 7. The molecule has 1 aromatic carbocycles.